The van der Waals surface area contributed by atoms with Gasteiger partial charge in [0.1, 0.15) is 23.1 Å². The lowest BCUT2D eigenvalue weighted by Crippen LogP contribution is -2.24. The molecular weight excluding hydrogens is 418 g/mol. The molecule has 2 aromatic carbocycles. The second kappa shape index (κ2) is 8.58. The number of aromatic nitrogens is 5. The molecule has 164 valence electrons. The van der Waals surface area contributed by atoms with E-state index in [0.717, 1.165) is 23.4 Å². The highest BCUT2D eigenvalue weighted by Gasteiger charge is 2.21. The van der Waals surface area contributed by atoms with Gasteiger partial charge in [-0.15, -0.1) is 0 Å². The molecule has 0 bridgehead atoms. The van der Waals surface area contributed by atoms with Gasteiger partial charge in [0.25, 0.3) is 5.91 Å². The van der Waals surface area contributed by atoms with Crippen LogP contribution in [0.4, 0.5) is 8.78 Å². The van der Waals surface area contributed by atoms with Crippen LogP contribution in [0, 0.1) is 25.5 Å². The highest BCUT2D eigenvalue weighted by atomic mass is 19.1. The number of methoxy groups -OCH3 is 1. The molecule has 0 spiro atoms. The molecule has 0 saturated carbocycles. The van der Waals surface area contributed by atoms with Crippen LogP contribution in [0.25, 0.3) is 17.1 Å². The standard InChI is InChI=1S/C22H20F2N6O2/c1-12-20(13(2)30(29-12)18-9-6-15(23)10-17(18)24)22(31)25-11-19-26-21(28-27-19)14-4-7-16(32-3)8-5-14/h4-10H,11H2,1-3H3,(H,25,31)(H,26,27,28). The van der Waals surface area contributed by atoms with Crippen LogP contribution in [-0.2, 0) is 6.54 Å². The first-order valence-electron chi connectivity index (χ1n) is 9.73. The number of amides is 1. The molecule has 0 unspecified atom stereocenters. The molecule has 0 saturated heterocycles. The van der Waals surface area contributed by atoms with E-state index in [-0.39, 0.29) is 12.2 Å². The Kier molecular flexibility index (Phi) is 5.67. The minimum absolute atomic E-state index is 0.0606. The summed E-state index contributed by atoms with van der Waals surface area (Å²) in [6, 6.07) is 10.5. The fourth-order valence-corrected chi connectivity index (χ4v) is 3.35. The van der Waals surface area contributed by atoms with E-state index in [1.807, 2.05) is 12.1 Å². The van der Waals surface area contributed by atoms with Crippen molar-refractivity contribution in [2.75, 3.05) is 7.11 Å². The Morgan fingerprint density at radius 1 is 1.16 bits per heavy atom. The summed E-state index contributed by atoms with van der Waals surface area (Å²) in [5.74, 6) is -0.165. The van der Waals surface area contributed by atoms with E-state index in [4.69, 9.17) is 4.74 Å². The van der Waals surface area contributed by atoms with Gasteiger partial charge in [0.2, 0.25) is 0 Å². The van der Waals surface area contributed by atoms with Gasteiger partial charge in [-0.25, -0.2) is 18.4 Å². The second-order valence-corrected chi connectivity index (χ2v) is 7.07. The van der Waals surface area contributed by atoms with Crippen LogP contribution in [0.3, 0.4) is 0 Å². The smallest absolute Gasteiger partial charge is 0.255 e. The molecule has 0 aliphatic carbocycles. The van der Waals surface area contributed by atoms with Gasteiger partial charge in [0, 0.05) is 11.6 Å². The van der Waals surface area contributed by atoms with Crippen molar-refractivity contribution in [1.29, 1.82) is 0 Å². The minimum atomic E-state index is -0.768. The average molecular weight is 438 g/mol. The number of nitrogens with zero attached hydrogens (tertiary/aromatic N) is 4. The molecule has 10 heteroatoms. The fraction of sp³-hybridized carbons (Fsp3) is 0.182. The normalized spacial score (nSPS) is 10.9. The fourth-order valence-electron chi connectivity index (χ4n) is 3.35. The van der Waals surface area contributed by atoms with Gasteiger partial charge in [-0.2, -0.15) is 10.2 Å². The highest BCUT2D eigenvalue weighted by Crippen LogP contribution is 2.21. The predicted octanol–water partition coefficient (Wildman–Crippen LogP) is 3.49. The molecule has 8 nitrogen and oxygen atoms in total. The van der Waals surface area contributed by atoms with Crippen molar-refractivity contribution < 1.29 is 18.3 Å². The summed E-state index contributed by atoms with van der Waals surface area (Å²) in [5.41, 5.74) is 2.02. The Morgan fingerprint density at radius 3 is 2.59 bits per heavy atom. The summed E-state index contributed by atoms with van der Waals surface area (Å²) >= 11 is 0. The zero-order valence-corrected chi connectivity index (χ0v) is 17.6. The van der Waals surface area contributed by atoms with Crippen molar-refractivity contribution in [2.24, 2.45) is 0 Å². The van der Waals surface area contributed by atoms with Crippen molar-refractivity contribution in [3.8, 4) is 22.8 Å². The summed E-state index contributed by atoms with van der Waals surface area (Å²) in [7, 11) is 1.59. The van der Waals surface area contributed by atoms with E-state index < -0.39 is 17.5 Å². The molecule has 32 heavy (non-hydrogen) atoms. The number of halogens is 2. The zero-order chi connectivity index (χ0) is 22.8. The zero-order valence-electron chi connectivity index (χ0n) is 17.6. The summed E-state index contributed by atoms with van der Waals surface area (Å²) in [4.78, 5) is 17.2. The Hall–Kier alpha value is -4.08. The molecule has 0 fully saturated rings. The number of hydrogen-bond donors (Lipinski definition) is 2. The number of nitrogens with one attached hydrogen (secondary N) is 2. The minimum Gasteiger partial charge on any atom is -0.497 e. The first kappa shape index (κ1) is 21.2. The predicted molar refractivity (Wildman–Crippen MR) is 112 cm³/mol. The number of carbonyl (C=O) groups excluding carboxylic acids is 1. The van der Waals surface area contributed by atoms with Crippen LogP contribution >= 0.6 is 0 Å². The van der Waals surface area contributed by atoms with Crippen LogP contribution in [0.15, 0.2) is 42.5 Å². The number of carbonyl (C=O) groups is 1. The molecular formula is C22H20F2N6O2. The molecule has 4 rings (SSSR count). The Morgan fingerprint density at radius 2 is 1.91 bits per heavy atom. The van der Waals surface area contributed by atoms with E-state index >= 15 is 0 Å². The topological polar surface area (TPSA) is 97.7 Å². The molecule has 2 N–H and O–H groups in total. The second-order valence-electron chi connectivity index (χ2n) is 7.07. The third-order valence-corrected chi connectivity index (χ3v) is 4.95. The lowest BCUT2D eigenvalue weighted by Gasteiger charge is -2.07. The maximum absolute atomic E-state index is 14.2. The third-order valence-electron chi connectivity index (χ3n) is 4.95. The van der Waals surface area contributed by atoms with Crippen molar-refractivity contribution in [3.05, 3.63) is 76.9 Å². The van der Waals surface area contributed by atoms with Crippen LogP contribution in [0.5, 0.6) is 5.75 Å². The summed E-state index contributed by atoms with van der Waals surface area (Å²) in [6.45, 7) is 3.40. The van der Waals surface area contributed by atoms with Crippen LogP contribution in [0.1, 0.15) is 27.6 Å². The number of hydrogen-bond acceptors (Lipinski definition) is 5. The van der Waals surface area contributed by atoms with E-state index in [0.29, 0.717) is 28.6 Å². The number of benzene rings is 2. The molecule has 0 atom stereocenters. The van der Waals surface area contributed by atoms with Gasteiger partial charge in [0.15, 0.2) is 11.6 Å². The van der Waals surface area contributed by atoms with Gasteiger partial charge in [-0.3, -0.25) is 9.89 Å². The lowest BCUT2D eigenvalue weighted by atomic mass is 10.2. The Balaban J connectivity index is 1.49. The molecule has 2 aromatic heterocycles. The van der Waals surface area contributed by atoms with Crippen molar-refractivity contribution >= 4 is 5.91 Å². The number of aryl methyl sites for hydroxylation is 1. The first-order valence-corrected chi connectivity index (χ1v) is 9.73. The van der Waals surface area contributed by atoms with Gasteiger partial charge in [-0.05, 0) is 50.2 Å². The van der Waals surface area contributed by atoms with E-state index in [2.05, 4.69) is 25.6 Å². The van der Waals surface area contributed by atoms with E-state index in [1.165, 1.54) is 10.7 Å². The van der Waals surface area contributed by atoms with Crippen molar-refractivity contribution in [2.45, 2.75) is 20.4 Å². The number of rotatable bonds is 6. The summed E-state index contributed by atoms with van der Waals surface area (Å²) < 4.78 is 33.8. The van der Waals surface area contributed by atoms with Gasteiger partial charge < -0.3 is 10.1 Å². The molecule has 2 heterocycles. The number of H-pyrrole nitrogens is 1. The Labute approximate surface area is 182 Å². The quantitative estimate of drug-likeness (QED) is 0.480. The monoisotopic (exact) mass is 438 g/mol. The summed E-state index contributed by atoms with van der Waals surface area (Å²) in [5, 5.41) is 14.0. The molecule has 0 aliphatic heterocycles. The van der Waals surface area contributed by atoms with Gasteiger partial charge >= 0.3 is 0 Å². The molecule has 0 aliphatic rings. The molecule has 0 radical (unpaired) electrons. The molecule has 1 amide bonds. The summed E-state index contributed by atoms with van der Waals surface area (Å²) in [6.07, 6.45) is 0. The highest BCUT2D eigenvalue weighted by molar-refractivity contribution is 5.96. The number of aromatic amines is 1. The van der Waals surface area contributed by atoms with E-state index in [1.54, 1.807) is 33.1 Å². The maximum Gasteiger partial charge on any atom is 0.255 e. The number of ether oxygens (including phenoxy) is 1. The van der Waals surface area contributed by atoms with Crippen LogP contribution in [-0.4, -0.2) is 38.0 Å². The van der Waals surface area contributed by atoms with Crippen LogP contribution < -0.4 is 10.1 Å². The third kappa shape index (κ3) is 4.07. The first-order chi connectivity index (χ1) is 15.4. The van der Waals surface area contributed by atoms with Gasteiger partial charge in [0.05, 0.1) is 30.6 Å². The lowest BCUT2D eigenvalue weighted by molar-refractivity contribution is 0.0948. The maximum atomic E-state index is 14.2. The van der Waals surface area contributed by atoms with Crippen molar-refractivity contribution in [1.82, 2.24) is 30.3 Å². The largest absolute Gasteiger partial charge is 0.497 e. The SMILES string of the molecule is COc1ccc(-c2n[nH]c(CNC(=O)c3c(C)nn(-c4ccc(F)cc4F)c3C)n2)cc1. The van der Waals surface area contributed by atoms with Gasteiger partial charge in [-0.1, -0.05) is 0 Å². The molecule has 4 aromatic rings. The van der Waals surface area contributed by atoms with E-state index in [9.17, 15) is 13.6 Å². The van der Waals surface area contributed by atoms with Crippen molar-refractivity contribution in [3.63, 3.8) is 0 Å². The average Bonchev–Trinajstić information content (AvgIpc) is 3.36. The van der Waals surface area contributed by atoms with Crippen LogP contribution in [0.2, 0.25) is 0 Å². The Bertz CT molecular complexity index is 1280.